The van der Waals surface area contributed by atoms with Gasteiger partial charge in [0.05, 0.1) is 19.3 Å². The number of carbonyl (C=O) groups is 1. The number of hydrogen-bond donors (Lipinski definition) is 4. The Bertz CT molecular complexity index is 1080. The van der Waals surface area contributed by atoms with Crippen molar-refractivity contribution >= 4 is 17.9 Å². The van der Waals surface area contributed by atoms with Crippen molar-refractivity contribution in [2.75, 3.05) is 18.8 Å². The maximum absolute atomic E-state index is 12.8. The highest BCUT2D eigenvalue weighted by molar-refractivity contribution is 5.94. The smallest absolute Gasteiger partial charge is 0.294 e. The average Bonchev–Trinajstić information content (AvgIpc) is 3.36. The van der Waals surface area contributed by atoms with Gasteiger partial charge in [-0.1, -0.05) is 24.3 Å². The molecule has 0 unspecified atom stereocenters. The van der Waals surface area contributed by atoms with Crippen molar-refractivity contribution in [3.63, 3.8) is 0 Å². The number of rotatable bonds is 6. The fraction of sp³-hybridized carbons (Fsp3) is 0.368. The zero-order valence-electron chi connectivity index (χ0n) is 17.0. The predicted octanol–water partition coefficient (Wildman–Crippen LogP) is -0.483. The standard InChI is InChI=1S/C19H23N9O3/c1-12-6-8-27(9-7-12)11-14-16(22-26-28(14)18-17(20)24-31-25-18)19(30)23-21-10-13-4-2-3-5-15(13)29/h2-5,10,12,29H,6-9,11H2,1H3,(H2,20,24)(H,23,30)/p+1/b21-10+. The topological polar surface area (TPSA) is 162 Å². The maximum atomic E-state index is 12.8. The number of hydrazone groups is 1. The highest BCUT2D eigenvalue weighted by atomic mass is 16.6. The quantitative estimate of drug-likeness (QED) is 0.303. The van der Waals surface area contributed by atoms with E-state index in [1.807, 2.05) is 0 Å². The Morgan fingerprint density at radius 2 is 2.16 bits per heavy atom. The molecule has 0 aliphatic carbocycles. The molecule has 12 nitrogen and oxygen atoms in total. The minimum atomic E-state index is -0.535. The molecule has 0 spiro atoms. The molecule has 0 saturated carbocycles. The van der Waals surface area contributed by atoms with Gasteiger partial charge in [0.15, 0.2) is 5.69 Å². The van der Waals surface area contributed by atoms with Crippen LogP contribution in [0.25, 0.3) is 5.82 Å². The van der Waals surface area contributed by atoms with Crippen molar-refractivity contribution in [1.29, 1.82) is 0 Å². The summed E-state index contributed by atoms with van der Waals surface area (Å²) in [4.78, 5) is 14.1. The molecule has 0 bridgehead atoms. The molecular weight excluding hydrogens is 402 g/mol. The van der Waals surface area contributed by atoms with Crippen LogP contribution in [0.3, 0.4) is 0 Å². The number of aromatic hydroxyl groups is 1. The molecule has 4 rings (SSSR count). The Balaban J connectivity index is 1.57. The third-order valence-corrected chi connectivity index (χ3v) is 5.38. The number of quaternary nitrogens is 1. The van der Waals surface area contributed by atoms with Crippen LogP contribution in [0.5, 0.6) is 5.75 Å². The average molecular weight is 426 g/mol. The van der Waals surface area contributed by atoms with Gasteiger partial charge < -0.3 is 15.7 Å². The summed E-state index contributed by atoms with van der Waals surface area (Å²) < 4.78 is 6.07. The number of hydrogen-bond acceptors (Lipinski definition) is 9. The lowest BCUT2D eigenvalue weighted by molar-refractivity contribution is -0.920. The number of nitrogen functional groups attached to an aromatic ring is 1. The molecule has 12 heteroatoms. The first-order valence-corrected chi connectivity index (χ1v) is 10.0. The molecule has 162 valence electrons. The van der Waals surface area contributed by atoms with Crippen molar-refractivity contribution in [2.24, 2.45) is 11.0 Å². The monoisotopic (exact) mass is 426 g/mol. The number of phenolic OH excluding ortho intramolecular Hbond substituents is 1. The lowest BCUT2D eigenvalue weighted by Gasteiger charge is -2.27. The molecule has 1 fully saturated rings. The lowest BCUT2D eigenvalue weighted by atomic mass is 9.99. The molecule has 3 heterocycles. The molecule has 31 heavy (non-hydrogen) atoms. The van der Waals surface area contributed by atoms with Crippen LogP contribution in [0.1, 0.15) is 41.5 Å². The van der Waals surface area contributed by atoms with Gasteiger partial charge in [0.2, 0.25) is 11.6 Å². The molecule has 1 aliphatic rings. The SMILES string of the molecule is CC1CC[NH+](Cc2c(C(=O)N/N=C/c3ccccc3O)nnn2-c2nonc2N)CC1. The van der Waals surface area contributed by atoms with Crippen LogP contribution in [0.4, 0.5) is 5.82 Å². The van der Waals surface area contributed by atoms with Gasteiger partial charge in [-0.3, -0.25) is 4.79 Å². The van der Waals surface area contributed by atoms with Crippen LogP contribution in [-0.2, 0) is 6.54 Å². The van der Waals surface area contributed by atoms with E-state index >= 15 is 0 Å². The van der Waals surface area contributed by atoms with E-state index in [2.05, 4.69) is 42.7 Å². The normalized spacial score (nSPS) is 19.0. The molecule has 1 aromatic carbocycles. The molecule has 2 aromatic heterocycles. The van der Waals surface area contributed by atoms with E-state index in [-0.39, 0.29) is 23.1 Å². The van der Waals surface area contributed by atoms with Crippen LogP contribution in [-0.4, -0.2) is 55.6 Å². The summed E-state index contributed by atoms with van der Waals surface area (Å²) >= 11 is 0. The third-order valence-electron chi connectivity index (χ3n) is 5.38. The minimum Gasteiger partial charge on any atom is -0.507 e. The summed E-state index contributed by atoms with van der Waals surface area (Å²) in [5, 5.41) is 29.2. The summed E-state index contributed by atoms with van der Waals surface area (Å²) in [6.45, 7) is 4.71. The molecular formula is C19H24N9O3+. The fourth-order valence-electron chi connectivity index (χ4n) is 3.54. The summed E-state index contributed by atoms with van der Waals surface area (Å²) in [5.74, 6) is 0.451. The van der Waals surface area contributed by atoms with Crippen molar-refractivity contribution in [3.05, 3.63) is 41.2 Å². The van der Waals surface area contributed by atoms with Gasteiger partial charge in [-0.05, 0) is 41.2 Å². The van der Waals surface area contributed by atoms with Crippen molar-refractivity contribution in [3.8, 4) is 11.6 Å². The van der Waals surface area contributed by atoms with Gasteiger partial charge in [-0.2, -0.15) is 9.78 Å². The van der Waals surface area contributed by atoms with Gasteiger partial charge in [-0.15, -0.1) is 5.10 Å². The first-order chi connectivity index (χ1) is 15.0. The van der Waals surface area contributed by atoms with Crippen LogP contribution in [0.15, 0.2) is 34.0 Å². The van der Waals surface area contributed by atoms with Crippen LogP contribution in [0, 0.1) is 5.92 Å². The van der Waals surface area contributed by atoms with E-state index in [9.17, 15) is 9.90 Å². The summed E-state index contributed by atoms with van der Waals surface area (Å²) in [7, 11) is 0. The van der Waals surface area contributed by atoms with Crippen molar-refractivity contribution in [2.45, 2.75) is 26.3 Å². The Morgan fingerprint density at radius 1 is 1.39 bits per heavy atom. The Hall–Kier alpha value is -3.80. The Labute approximate surface area is 177 Å². The van der Waals surface area contributed by atoms with Crippen molar-refractivity contribution in [1.82, 2.24) is 30.7 Å². The summed E-state index contributed by atoms with van der Waals surface area (Å²) in [5.41, 5.74) is 9.39. The molecule has 0 radical (unpaired) electrons. The van der Waals surface area contributed by atoms with Crippen LogP contribution >= 0.6 is 0 Å². The molecule has 0 atom stereocenters. The first kappa shape index (κ1) is 20.5. The first-order valence-electron chi connectivity index (χ1n) is 10.0. The molecule has 1 amide bonds. The summed E-state index contributed by atoms with van der Waals surface area (Å²) in [6.07, 6.45) is 3.57. The number of phenols is 1. The predicted molar refractivity (Wildman–Crippen MR) is 110 cm³/mol. The third kappa shape index (κ3) is 4.53. The number of benzene rings is 1. The number of nitrogens with zero attached hydrogens (tertiary/aromatic N) is 6. The molecule has 1 aliphatic heterocycles. The second kappa shape index (κ2) is 8.92. The lowest BCUT2D eigenvalue weighted by Crippen LogP contribution is -3.11. The second-order valence-corrected chi connectivity index (χ2v) is 7.64. The van der Waals surface area contributed by atoms with E-state index in [0.717, 1.165) is 25.9 Å². The minimum absolute atomic E-state index is 0.0537. The maximum Gasteiger partial charge on any atom is 0.294 e. The zero-order valence-corrected chi connectivity index (χ0v) is 17.0. The highest BCUT2D eigenvalue weighted by Crippen LogP contribution is 2.16. The van der Waals surface area contributed by atoms with Gasteiger partial charge in [0, 0.05) is 5.56 Å². The van der Waals surface area contributed by atoms with E-state index in [1.54, 1.807) is 18.2 Å². The van der Waals surface area contributed by atoms with Gasteiger partial charge >= 0.3 is 0 Å². The van der Waals surface area contributed by atoms with E-state index in [1.165, 1.54) is 21.9 Å². The molecule has 5 N–H and O–H groups in total. The zero-order chi connectivity index (χ0) is 21.8. The van der Waals surface area contributed by atoms with Gasteiger partial charge in [0.25, 0.3) is 5.91 Å². The fourth-order valence-corrected chi connectivity index (χ4v) is 3.54. The highest BCUT2D eigenvalue weighted by Gasteiger charge is 2.28. The summed E-state index contributed by atoms with van der Waals surface area (Å²) in [6, 6.07) is 6.66. The Morgan fingerprint density at radius 3 is 2.87 bits per heavy atom. The second-order valence-electron chi connectivity index (χ2n) is 7.64. The van der Waals surface area contributed by atoms with Crippen LogP contribution in [0.2, 0.25) is 0 Å². The number of nitrogens with one attached hydrogen (secondary N) is 2. The van der Waals surface area contributed by atoms with Crippen molar-refractivity contribution < 1.29 is 19.4 Å². The number of likely N-dealkylation sites (tertiary alicyclic amines) is 1. The van der Waals surface area contributed by atoms with E-state index in [4.69, 9.17) is 5.73 Å². The number of anilines is 1. The number of amides is 1. The number of carbonyl (C=O) groups excluding carboxylic acids is 1. The van der Waals surface area contributed by atoms with E-state index < -0.39 is 5.91 Å². The Kier molecular flexibility index (Phi) is 5.89. The van der Waals surface area contributed by atoms with E-state index in [0.29, 0.717) is 23.7 Å². The number of aromatic nitrogens is 5. The number of piperidine rings is 1. The number of nitrogens with two attached hydrogens (primary N) is 1. The van der Waals surface area contributed by atoms with Crippen LogP contribution < -0.4 is 16.1 Å². The van der Waals surface area contributed by atoms with Gasteiger partial charge in [0.1, 0.15) is 18.0 Å². The largest absolute Gasteiger partial charge is 0.507 e. The molecule has 3 aromatic rings. The number of para-hydroxylation sites is 1. The van der Waals surface area contributed by atoms with Gasteiger partial charge in [-0.25, -0.2) is 10.1 Å². The molecule has 1 saturated heterocycles.